The first-order valence-electron chi connectivity index (χ1n) is 11.2. The van der Waals surface area contributed by atoms with E-state index in [1.165, 1.54) is 5.56 Å². The molecule has 1 fully saturated rings. The van der Waals surface area contributed by atoms with Gasteiger partial charge in [-0.15, -0.1) is 23.2 Å². The summed E-state index contributed by atoms with van der Waals surface area (Å²) in [4.78, 5) is 10.6. The summed E-state index contributed by atoms with van der Waals surface area (Å²) in [6.45, 7) is 2.17. The van der Waals surface area contributed by atoms with Crippen LogP contribution in [0.1, 0.15) is 101 Å². The van der Waals surface area contributed by atoms with Crippen molar-refractivity contribution in [2.45, 2.75) is 100 Å². The number of aliphatic hydroxyl groups is 1. The smallest absolute Gasteiger partial charge is 0.303 e. The third-order valence-corrected chi connectivity index (χ3v) is 7.18. The van der Waals surface area contributed by atoms with E-state index in [-0.39, 0.29) is 23.1 Å². The van der Waals surface area contributed by atoms with Gasteiger partial charge < -0.3 is 10.2 Å². The van der Waals surface area contributed by atoms with Crippen molar-refractivity contribution in [2.24, 2.45) is 5.92 Å². The van der Waals surface area contributed by atoms with E-state index >= 15 is 0 Å². The molecular weight excluding hydrogens is 407 g/mol. The van der Waals surface area contributed by atoms with E-state index in [0.717, 1.165) is 69.8 Å². The number of carboxylic acid groups (broad SMARTS) is 1. The SMILES string of the molecule is CCCCCC(O)c1ccc(C2C(Cl)CC(Cl)C2CCCCCCC(=O)O)cc1. The lowest BCUT2D eigenvalue weighted by molar-refractivity contribution is -0.137. The first-order valence-corrected chi connectivity index (χ1v) is 12.1. The Morgan fingerprint density at radius 1 is 1.03 bits per heavy atom. The van der Waals surface area contributed by atoms with Gasteiger partial charge in [-0.1, -0.05) is 69.7 Å². The van der Waals surface area contributed by atoms with Crippen LogP contribution in [0, 0.1) is 5.92 Å². The van der Waals surface area contributed by atoms with Gasteiger partial charge in [0.1, 0.15) is 0 Å². The molecule has 2 rings (SSSR count). The summed E-state index contributed by atoms with van der Waals surface area (Å²) in [6, 6.07) is 8.32. The molecule has 29 heavy (non-hydrogen) atoms. The number of halogens is 2. The van der Waals surface area contributed by atoms with Gasteiger partial charge in [0.15, 0.2) is 0 Å². The number of aliphatic hydroxyl groups excluding tert-OH is 1. The monoisotopic (exact) mass is 442 g/mol. The van der Waals surface area contributed by atoms with Crippen LogP contribution in [0.25, 0.3) is 0 Å². The molecule has 0 bridgehead atoms. The van der Waals surface area contributed by atoms with Crippen molar-refractivity contribution in [1.29, 1.82) is 0 Å². The van der Waals surface area contributed by atoms with Crippen LogP contribution >= 0.6 is 23.2 Å². The lowest BCUT2D eigenvalue weighted by atomic mass is 9.84. The van der Waals surface area contributed by atoms with Gasteiger partial charge in [0.25, 0.3) is 0 Å². The first kappa shape index (κ1) is 24.5. The Balaban J connectivity index is 1.91. The average molecular weight is 443 g/mol. The molecule has 1 aliphatic rings. The molecule has 1 saturated carbocycles. The van der Waals surface area contributed by atoms with Crippen LogP contribution in [0.15, 0.2) is 24.3 Å². The van der Waals surface area contributed by atoms with Crippen molar-refractivity contribution in [1.82, 2.24) is 0 Å². The van der Waals surface area contributed by atoms with Gasteiger partial charge in [-0.25, -0.2) is 0 Å². The summed E-state index contributed by atoms with van der Waals surface area (Å²) >= 11 is 13.3. The maximum Gasteiger partial charge on any atom is 0.303 e. The molecule has 0 heterocycles. The lowest BCUT2D eigenvalue weighted by Gasteiger charge is -2.24. The Morgan fingerprint density at radius 2 is 1.72 bits per heavy atom. The molecule has 0 aromatic heterocycles. The van der Waals surface area contributed by atoms with Gasteiger partial charge in [0, 0.05) is 23.1 Å². The summed E-state index contributed by atoms with van der Waals surface area (Å²) in [5.74, 6) is -0.131. The van der Waals surface area contributed by atoms with E-state index in [1.807, 2.05) is 12.1 Å². The number of alkyl halides is 2. The molecule has 5 heteroatoms. The zero-order chi connectivity index (χ0) is 21.2. The Hall–Kier alpha value is -0.770. The highest BCUT2D eigenvalue weighted by atomic mass is 35.5. The molecule has 164 valence electrons. The quantitative estimate of drug-likeness (QED) is 0.254. The van der Waals surface area contributed by atoms with Crippen molar-refractivity contribution < 1.29 is 15.0 Å². The van der Waals surface area contributed by atoms with E-state index in [9.17, 15) is 9.90 Å². The van der Waals surface area contributed by atoms with Gasteiger partial charge in [0.2, 0.25) is 0 Å². The summed E-state index contributed by atoms with van der Waals surface area (Å²) < 4.78 is 0. The molecule has 0 saturated heterocycles. The fourth-order valence-corrected chi connectivity index (χ4v) is 5.64. The Bertz CT molecular complexity index is 605. The number of hydrogen-bond donors (Lipinski definition) is 2. The molecule has 1 aliphatic carbocycles. The third kappa shape index (κ3) is 7.77. The highest BCUT2D eigenvalue weighted by Gasteiger charge is 2.41. The van der Waals surface area contributed by atoms with E-state index < -0.39 is 12.1 Å². The number of aliphatic carboxylic acids is 1. The molecule has 2 N–H and O–H groups in total. The summed E-state index contributed by atoms with van der Waals surface area (Å²) in [6.07, 6.45) is 9.66. The van der Waals surface area contributed by atoms with E-state index in [0.29, 0.717) is 5.92 Å². The molecule has 3 nitrogen and oxygen atoms in total. The van der Waals surface area contributed by atoms with Gasteiger partial charge in [-0.05, 0) is 42.7 Å². The molecular formula is C24H36Cl2O3. The number of benzene rings is 1. The van der Waals surface area contributed by atoms with Crippen LogP contribution < -0.4 is 0 Å². The van der Waals surface area contributed by atoms with Crippen LogP contribution in [-0.2, 0) is 4.79 Å². The molecule has 5 unspecified atom stereocenters. The number of carboxylic acids is 1. The highest BCUT2D eigenvalue weighted by Crippen LogP contribution is 2.47. The summed E-state index contributed by atoms with van der Waals surface area (Å²) in [7, 11) is 0. The first-order chi connectivity index (χ1) is 13.9. The normalized spacial score (nSPS) is 25.2. The number of rotatable bonds is 13. The number of unbranched alkanes of at least 4 members (excludes halogenated alkanes) is 5. The minimum absolute atomic E-state index is 0.0369. The summed E-state index contributed by atoms with van der Waals surface area (Å²) in [5.41, 5.74) is 2.19. The predicted molar refractivity (Wildman–Crippen MR) is 121 cm³/mol. The van der Waals surface area contributed by atoms with Crippen molar-refractivity contribution in [3.63, 3.8) is 0 Å². The van der Waals surface area contributed by atoms with Crippen LogP contribution in [0.3, 0.4) is 0 Å². The van der Waals surface area contributed by atoms with Crippen molar-refractivity contribution in [3.05, 3.63) is 35.4 Å². The maximum absolute atomic E-state index is 10.6. The Labute approximate surface area is 185 Å². The molecule has 1 aromatic rings. The van der Waals surface area contributed by atoms with E-state index in [1.54, 1.807) is 0 Å². The molecule has 0 spiro atoms. The molecule has 0 aliphatic heterocycles. The second-order valence-corrected chi connectivity index (χ2v) is 9.60. The number of hydrogen-bond acceptors (Lipinski definition) is 2. The van der Waals surface area contributed by atoms with Crippen LogP contribution in [0.2, 0.25) is 0 Å². The van der Waals surface area contributed by atoms with Crippen LogP contribution in [-0.4, -0.2) is 26.9 Å². The molecule has 0 radical (unpaired) electrons. The van der Waals surface area contributed by atoms with Gasteiger partial charge in [0.05, 0.1) is 6.10 Å². The third-order valence-electron chi connectivity index (χ3n) is 6.23. The Kier molecular flexibility index (Phi) is 10.8. The predicted octanol–water partition coefficient (Wildman–Crippen LogP) is 7.04. The maximum atomic E-state index is 10.6. The Morgan fingerprint density at radius 3 is 2.38 bits per heavy atom. The van der Waals surface area contributed by atoms with Crippen LogP contribution in [0.5, 0.6) is 0 Å². The van der Waals surface area contributed by atoms with Gasteiger partial charge >= 0.3 is 5.97 Å². The van der Waals surface area contributed by atoms with Crippen LogP contribution in [0.4, 0.5) is 0 Å². The molecule has 0 amide bonds. The minimum atomic E-state index is -0.717. The topological polar surface area (TPSA) is 57.5 Å². The standard InChI is InChI=1S/C24H36Cl2O3/c1-2-3-6-10-22(27)17-12-14-18(15-13-17)24-19(20(25)16-21(24)26)9-7-4-5-8-11-23(28)29/h12-15,19-22,24,27H,2-11,16H2,1H3,(H,28,29). The average Bonchev–Trinajstić information content (AvgIpc) is 2.97. The highest BCUT2D eigenvalue weighted by molar-refractivity contribution is 6.25. The van der Waals surface area contributed by atoms with Crippen molar-refractivity contribution in [3.8, 4) is 0 Å². The largest absolute Gasteiger partial charge is 0.481 e. The lowest BCUT2D eigenvalue weighted by Crippen LogP contribution is -2.17. The second-order valence-electron chi connectivity index (χ2n) is 8.48. The molecule has 1 aromatic carbocycles. The van der Waals surface area contributed by atoms with E-state index in [4.69, 9.17) is 28.3 Å². The molecule has 5 atom stereocenters. The second kappa shape index (κ2) is 12.8. The number of carbonyl (C=O) groups is 1. The van der Waals surface area contributed by atoms with Gasteiger partial charge in [-0.2, -0.15) is 0 Å². The van der Waals surface area contributed by atoms with Gasteiger partial charge in [-0.3, -0.25) is 4.79 Å². The van der Waals surface area contributed by atoms with Crippen molar-refractivity contribution >= 4 is 29.2 Å². The van der Waals surface area contributed by atoms with Crippen molar-refractivity contribution in [2.75, 3.05) is 0 Å². The fourth-order valence-electron chi connectivity index (χ4n) is 4.55. The fraction of sp³-hybridized carbons (Fsp3) is 0.708. The van der Waals surface area contributed by atoms with E-state index in [2.05, 4.69) is 19.1 Å². The zero-order valence-corrected chi connectivity index (χ0v) is 19.0. The minimum Gasteiger partial charge on any atom is -0.481 e. The summed E-state index contributed by atoms with van der Waals surface area (Å²) in [5, 5.41) is 19.2. The zero-order valence-electron chi connectivity index (χ0n) is 17.5.